The normalized spacial score (nSPS) is 15.3. The van der Waals surface area contributed by atoms with Gasteiger partial charge in [0.05, 0.1) is 11.4 Å². The highest BCUT2D eigenvalue weighted by Crippen LogP contribution is 2.53. The molecule has 0 saturated heterocycles. The van der Waals surface area contributed by atoms with Gasteiger partial charge in [0.15, 0.2) is 0 Å². The first-order valence-electron chi connectivity index (χ1n) is 17.5. The third kappa shape index (κ3) is 4.61. The summed E-state index contributed by atoms with van der Waals surface area (Å²) in [7, 11) is 0. The molecule has 8 aromatic rings. The van der Waals surface area contributed by atoms with Gasteiger partial charge in [-0.1, -0.05) is 152 Å². The number of rotatable bonds is 5. The van der Waals surface area contributed by atoms with E-state index in [4.69, 9.17) is 0 Å². The predicted octanol–water partition coefficient (Wildman–Crippen LogP) is 11.2. The molecule has 2 atom stereocenters. The van der Waals surface area contributed by atoms with E-state index in [9.17, 15) is 0 Å². The maximum atomic E-state index is 2.53. The van der Waals surface area contributed by atoms with Crippen molar-refractivity contribution in [1.82, 2.24) is 0 Å². The Morgan fingerprint density at radius 3 is 2.06 bits per heavy atom. The molecule has 0 amide bonds. The van der Waals surface area contributed by atoms with Crippen molar-refractivity contribution in [3.05, 3.63) is 185 Å². The van der Waals surface area contributed by atoms with Crippen LogP contribution in [0.3, 0.4) is 0 Å². The molecule has 1 heteroatoms. The summed E-state index contributed by atoms with van der Waals surface area (Å²) < 4.78 is 0. The van der Waals surface area contributed by atoms with Crippen LogP contribution >= 0.6 is 0 Å². The minimum absolute atomic E-state index is 0.351. The van der Waals surface area contributed by atoms with E-state index < -0.39 is 0 Å². The lowest BCUT2D eigenvalue weighted by Crippen LogP contribution is -2.30. The van der Waals surface area contributed by atoms with Crippen molar-refractivity contribution in [2.45, 2.75) is 18.8 Å². The molecule has 0 aromatic heterocycles. The molecule has 49 heavy (non-hydrogen) atoms. The highest BCUT2D eigenvalue weighted by Gasteiger charge is 2.28. The van der Waals surface area contributed by atoms with Crippen molar-refractivity contribution in [1.29, 1.82) is 0 Å². The Morgan fingerprint density at radius 2 is 1.20 bits per heavy atom. The van der Waals surface area contributed by atoms with Gasteiger partial charge in [-0.15, -0.1) is 0 Å². The van der Waals surface area contributed by atoms with Crippen LogP contribution < -0.4 is 15.3 Å². The van der Waals surface area contributed by atoms with Crippen molar-refractivity contribution in [2.75, 3.05) is 4.90 Å². The predicted molar refractivity (Wildman–Crippen MR) is 208 cm³/mol. The molecule has 0 spiro atoms. The Balaban J connectivity index is 1.09. The molecule has 0 bridgehead atoms. The van der Waals surface area contributed by atoms with Crippen molar-refractivity contribution in [3.63, 3.8) is 0 Å². The lowest BCUT2D eigenvalue weighted by atomic mass is 9.76. The Kier molecular flexibility index (Phi) is 6.52. The zero-order valence-electron chi connectivity index (χ0n) is 27.3. The highest BCUT2D eigenvalue weighted by atomic mass is 15.2. The molecule has 0 radical (unpaired) electrons. The lowest BCUT2D eigenvalue weighted by molar-refractivity contribution is 0.540. The average Bonchev–Trinajstić information content (AvgIpc) is 3.17. The first-order chi connectivity index (χ1) is 24.3. The summed E-state index contributed by atoms with van der Waals surface area (Å²) >= 11 is 0. The largest absolute Gasteiger partial charge is 0.309 e. The van der Waals surface area contributed by atoms with Gasteiger partial charge in [0.2, 0.25) is 0 Å². The average molecular weight is 626 g/mol. The van der Waals surface area contributed by atoms with Crippen molar-refractivity contribution in [3.8, 4) is 11.1 Å². The SMILES string of the molecule is C1=c2ccccc2=CC([C@@H](Cc2ccc(N3c4ccc5ccccc5c4-c4cccc5cccc3c45)cc2)c2cccc3ccccc23)C1. The molecule has 1 aliphatic carbocycles. The topological polar surface area (TPSA) is 3.24 Å². The summed E-state index contributed by atoms with van der Waals surface area (Å²) in [6.45, 7) is 0. The second-order valence-corrected chi connectivity index (χ2v) is 13.6. The third-order valence-electron chi connectivity index (χ3n) is 10.9. The van der Waals surface area contributed by atoms with E-state index in [-0.39, 0.29) is 0 Å². The molecular formula is C48H35N. The molecule has 0 saturated carbocycles. The fraction of sp³-hybridized carbons (Fsp3) is 0.0833. The van der Waals surface area contributed by atoms with Gasteiger partial charge in [-0.2, -0.15) is 0 Å². The molecular weight excluding hydrogens is 591 g/mol. The molecule has 2 aliphatic rings. The highest BCUT2D eigenvalue weighted by molar-refractivity contribution is 6.19. The van der Waals surface area contributed by atoms with Crippen LogP contribution in [-0.2, 0) is 6.42 Å². The maximum Gasteiger partial charge on any atom is 0.0547 e. The minimum Gasteiger partial charge on any atom is -0.309 e. The number of nitrogens with zero attached hydrogens (tertiary/aromatic N) is 1. The van der Waals surface area contributed by atoms with Crippen LogP contribution in [0, 0.1) is 5.92 Å². The number of benzene rings is 8. The molecule has 0 fully saturated rings. The van der Waals surface area contributed by atoms with E-state index in [2.05, 4.69) is 181 Å². The van der Waals surface area contributed by atoms with Crippen molar-refractivity contribution >= 4 is 61.5 Å². The smallest absolute Gasteiger partial charge is 0.0547 e. The summed E-state index contributed by atoms with van der Waals surface area (Å²) in [5.74, 6) is 0.765. The molecule has 1 heterocycles. The van der Waals surface area contributed by atoms with Gasteiger partial charge in [0, 0.05) is 16.6 Å². The van der Waals surface area contributed by atoms with Gasteiger partial charge >= 0.3 is 0 Å². The fourth-order valence-corrected chi connectivity index (χ4v) is 8.64. The van der Waals surface area contributed by atoms with E-state index in [0.29, 0.717) is 11.8 Å². The monoisotopic (exact) mass is 625 g/mol. The Morgan fingerprint density at radius 1 is 0.531 bits per heavy atom. The molecule has 8 aromatic carbocycles. The first kappa shape index (κ1) is 28.1. The van der Waals surface area contributed by atoms with Gasteiger partial charge in [-0.3, -0.25) is 0 Å². The van der Waals surface area contributed by atoms with Crippen LogP contribution in [0.25, 0.3) is 55.6 Å². The van der Waals surface area contributed by atoms with Crippen molar-refractivity contribution < 1.29 is 0 Å². The second kappa shape index (κ2) is 11.4. The van der Waals surface area contributed by atoms with Gasteiger partial charge in [0.1, 0.15) is 0 Å². The second-order valence-electron chi connectivity index (χ2n) is 13.6. The van der Waals surface area contributed by atoms with Gasteiger partial charge < -0.3 is 4.90 Å². The van der Waals surface area contributed by atoms with Gasteiger partial charge in [-0.25, -0.2) is 0 Å². The molecule has 1 unspecified atom stereocenters. The number of hydrogen-bond donors (Lipinski definition) is 0. The summed E-state index contributed by atoms with van der Waals surface area (Å²) in [5.41, 5.74) is 9.09. The number of hydrogen-bond acceptors (Lipinski definition) is 1. The standard InChI is InChI=1S/C48H35N/c1-2-13-37-31-38(25-24-33(37)10-1)44(42-19-7-14-34-11-3-5-17-40(34)42)30-32-22-27-39(28-23-32)49-45-21-9-16-36-15-8-20-43(47(36)45)48-41-18-6-4-12-35(41)26-29-46(48)49/h1-24,26-29,31,38,44H,25,30H2/t38?,44-/m1/s1. The zero-order valence-corrected chi connectivity index (χ0v) is 27.3. The van der Waals surface area contributed by atoms with Crippen LogP contribution in [0.2, 0.25) is 0 Å². The van der Waals surface area contributed by atoms with E-state index in [1.165, 1.54) is 82.1 Å². The summed E-state index contributed by atoms with van der Waals surface area (Å²) in [6.07, 6.45) is 7.00. The third-order valence-corrected chi connectivity index (χ3v) is 10.9. The van der Waals surface area contributed by atoms with E-state index >= 15 is 0 Å². The van der Waals surface area contributed by atoms with Gasteiger partial charge in [0.25, 0.3) is 0 Å². The van der Waals surface area contributed by atoms with Crippen molar-refractivity contribution in [2.24, 2.45) is 5.92 Å². The number of anilines is 3. The van der Waals surface area contributed by atoms with E-state index in [0.717, 1.165) is 12.8 Å². The van der Waals surface area contributed by atoms with E-state index in [1.807, 2.05) is 0 Å². The molecule has 1 aliphatic heterocycles. The van der Waals surface area contributed by atoms with Crippen LogP contribution in [-0.4, -0.2) is 0 Å². The lowest BCUT2D eigenvalue weighted by Gasteiger charge is -2.34. The summed E-state index contributed by atoms with van der Waals surface area (Å²) in [6, 6.07) is 60.8. The van der Waals surface area contributed by atoms with E-state index in [1.54, 1.807) is 0 Å². The Hall–Kier alpha value is -5.92. The minimum atomic E-state index is 0.351. The van der Waals surface area contributed by atoms with Crippen LogP contribution in [0.1, 0.15) is 23.5 Å². The fourth-order valence-electron chi connectivity index (χ4n) is 8.64. The summed E-state index contributed by atoms with van der Waals surface area (Å²) in [5, 5.41) is 10.5. The Labute approximate surface area is 286 Å². The Bertz CT molecular complexity index is 2670. The molecule has 10 rings (SSSR count). The first-order valence-corrected chi connectivity index (χ1v) is 17.5. The molecule has 1 nitrogen and oxygen atoms in total. The number of fused-ring (bicyclic) bond motifs is 6. The molecule has 232 valence electrons. The zero-order chi connectivity index (χ0) is 32.3. The van der Waals surface area contributed by atoms with Crippen LogP contribution in [0.4, 0.5) is 17.1 Å². The quantitative estimate of drug-likeness (QED) is 0.184. The van der Waals surface area contributed by atoms with Gasteiger partial charge in [-0.05, 0) is 103 Å². The molecule has 0 N–H and O–H groups in total. The summed E-state index contributed by atoms with van der Waals surface area (Å²) in [4.78, 5) is 2.48. The maximum absolute atomic E-state index is 2.53. The van der Waals surface area contributed by atoms with Crippen LogP contribution in [0.5, 0.6) is 0 Å². The van der Waals surface area contributed by atoms with Crippen LogP contribution in [0.15, 0.2) is 164 Å².